The second-order valence-electron chi connectivity index (χ2n) is 4.49. The molecule has 1 atom stereocenters. The summed E-state index contributed by atoms with van der Waals surface area (Å²) >= 11 is 3.41. The number of halogens is 1. The molecule has 1 aliphatic heterocycles. The molecule has 1 saturated heterocycles. The van der Waals surface area contributed by atoms with E-state index >= 15 is 0 Å². The largest absolute Gasteiger partial charge is 0.334 e. The number of carbonyl (C=O) groups is 1. The van der Waals surface area contributed by atoms with Crippen molar-refractivity contribution in [1.29, 1.82) is 0 Å². The van der Waals surface area contributed by atoms with Gasteiger partial charge in [-0.3, -0.25) is 4.79 Å². The third-order valence-corrected chi connectivity index (χ3v) is 3.83. The number of aryl methyl sites for hydroxylation is 1. The fourth-order valence-electron chi connectivity index (χ4n) is 2.33. The lowest BCUT2D eigenvalue weighted by Gasteiger charge is -2.24. The molecule has 1 heterocycles. The van der Waals surface area contributed by atoms with Gasteiger partial charge < -0.3 is 10.6 Å². The summed E-state index contributed by atoms with van der Waals surface area (Å²) in [4.78, 5) is 14.4. The fourth-order valence-corrected chi connectivity index (χ4v) is 2.69. The van der Waals surface area contributed by atoms with Gasteiger partial charge in [0, 0.05) is 29.2 Å². The van der Waals surface area contributed by atoms with Gasteiger partial charge >= 0.3 is 0 Å². The molecule has 0 aromatic heterocycles. The number of amides is 1. The van der Waals surface area contributed by atoms with E-state index in [1.165, 1.54) is 0 Å². The van der Waals surface area contributed by atoms with Gasteiger partial charge in [-0.1, -0.05) is 22.0 Å². The average Bonchev–Trinajstić information content (AvgIpc) is 2.79. The molecule has 4 heteroatoms. The highest BCUT2D eigenvalue weighted by molar-refractivity contribution is 9.10. The highest BCUT2D eigenvalue weighted by Gasteiger charge is 2.28. The van der Waals surface area contributed by atoms with E-state index in [2.05, 4.69) is 15.9 Å². The first kappa shape index (κ1) is 12.6. The molecule has 2 rings (SSSR count). The van der Waals surface area contributed by atoms with Gasteiger partial charge in [0.05, 0.1) is 0 Å². The van der Waals surface area contributed by atoms with E-state index in [-0.39, 0.29) is 11.9 Å². The van der Waals surface area contributed by atoms with E-state index in [1.54, 1.807) is 0 Å². The highest BCUT2D eigenvalue weighted by atomic mass is 79.9. The lowest BCUT2D eigenvalue weighted by Crippen LogP contribution is -2.40. The topological polar surface area (TPSA) is 46.3 Å². The zero-order valence-corrected chi connectivity index (χ0v) is 11.5. The van der Waals surface area contributed by atoms with Crippen molar-refractivity contribution in [2.24, 2.45) is 5.73 Å². The van der Waals surface area contributed by atoms with Crippen LogP contribution in [0.3, 0.4) is 0 Å². The van der Waals surface area contributed by atoms with Crippen LogP contribution < -0.4 is 5.73 Å². The summed E-state index contributed by atoms with van der Waals surface area (Å²) in [5.41, 5.74) is 7.50. The van der Waals surface area contributed by atoms with Gasteiger partial charge in [0.1, 0.15) is 0 Å². The van der Waals surface area contributed by atoms with Crippen LogP contribution in [0.15, 0.2) is 22.7 Å². The zero-order chi connectivity index (χ0) is 12.4. The van der Waals surface area contributed by atoms with Crippen molar-refractivity contribution >= 4 is 21.8 Å². The monoisotopic (exact) mass is 296 g/mol. The smallest absolute Gasteiger partial charge is 0.254 e. The van der Waals surface area contributed by atoms with E-state index in [0.717, 1.165) is 35.0 Å². The van der Waals surface area contributed by atoms with Crippen molar-refractivity contribution in [2.45, 2.75) is 25.8 Å². The molecular weight excluding hydrogens is 280 g/mol. The molecule has 1 aromatic rings. The zero-order valence-electron chi connectivity index (χ0n) is 9.95. The molecule has 0 spiro atoms. The molecule has 0 aliphatic carbocycles. The minimum atomic E-state index is 0.108. The van der Waals surface area contributed by atoms with Crippen LogP contribution in [-0.4, -0.2) is 29.9 Å². The van der Waals surface area contributed by atoms with E-state index < -0.39 is 0 Å². The molecule has 1 amide bonds. The molecule has 0 unspecified atom stereocenters. The van der Waals surface area contributed by atoms with Crippen molar-refractivity contribution in [2.75, 3.05) is 13.1 Å². The Morgan fingerprint density at radius 2 is 2.35 bits per heavy atom. The fraction of sp³-hybridized carbons (Fsp3) is 0.462. The number of rotatable bonds is 2. The van der Waals surface area contributed by atoms with Crippen molar-refractivity contribution in [3.8, 4) is 0 Å². The number of hydrogen-bond acceptors (Lipinski definition) is 2. The molecule has 92 valence electrons. The van der Waals surface area contributed by atoms with Crippen molar-refractivity contribution in [3.63, 3.8) is 0 Å². The Balaban J connectivity index is 2.27. The average molecular weight is 297 g/mol. The summed E-state index contributed by atoms with van der Waals surface area (Å²) in [6.45, 7) is 3.35. The van der Waals surface area contributed by atoms with E-state index in [4.69, 9.17) is 5.73 Å². The Morgan fingerprint density at radius 1 is 1.59 bits per heavy atom. The molecule has 0 bridgehead atoms. The molecule has 0 radical (unpaired) electrons. The number of hydrogen-bond donors (Lipinski definition) is 1. The molecule has 1 aromatic carbocycles. The number of nitrogens with zero attached hydrogens (tertiary/aromatic N) is 1. The third kappa shape index (κ3) is 2.53. The van der Waals surface area contributed by atoms with Gasteiger partial charge in [0.2, 0.25) is 0 Å². The van der Waals surface area contributed by atoms with Gasteiger partial charge in [-0.2, -0.15) is 0 Å². The minimum Gasteiger partial charge on any atom is -0.334 e. The number of likely N-dealkylation sites (tertiary alicyclic amines) is 1. The molecule has 0 saturated carbocycles. The number of carbonyl (C=O) groups excluding carboxylic acids is 1. The van der Waals surface area contributed by atoms with Crippen molar-refractivity contribution < 1.29 is 4.79 Å². The molecule has 3 nitrogen and oxygen atoms in total. The first-order valence-corrected chi connectivity index (χ1v) is 6.70. The van der Waals surface area contributed by atoms with Crippen LogP contribution in [0.4, 0.5) is 0 Å². The summed E-state index contributed by atoms with van der Waals surface area (Å²) in [6.07, 6.45) is 2.08. The first-order chi connectivity index (χ1) is 8.13. The lowest BCUT2D eigenvalue weighted by molar-refractivity contribution is 0.0740. The number of benzene rings is 1. The minimum absolute atomic E-state index is 0.108. The van der Waals surface area contributed by atoms with Crippen molar-refractivity contribution in [1.82, 2.24) is 4.90 Å². The van der Waals surface area contributed by atoms with Crippen LogP contribution >= 0.6 is 15.9 Å². The van der Waals surface area contributed by atoms with Gasteiger partial charge in [0.25, 0.3) is 5.91 Å². The molecule has 1 aliphatic rings. The summed E-state index contributed by atoms with van der Waals surface area (Å²) in [7, 11) is 0. The normalized spacial score (nSPS) is 19.7. The first-order valence-electron chi connectivity index (χ1n) is 5.90. The summed E-state index contributed by atoms with van der Waals surface area (Å²) in [5.74, 6) is 0.108. The second kappa shape index (κ2) is 5.19. The van der Waals surface area contributed by atoms with Crippen molar-refractivity contribution in [3.05, 3.63) is 33.8 Å². The Bertz CT molecular complexity index is 433. The summed E-state index contributed by atoms with van der Waals surface area (Å²) in [5, 5.41) is 0. The molecule has 2 N–H and O–H groups in total. The molecule has 17 heavy (non-hydrogen) atoms. The standard InChI is InChI=1S/C13H17BrN2O/c1-9-4-5-10(14)7-12(9)13(17)16-6-2-3-11(16)8-15/h4-5,7,11H,2-3,6,8,15H2,1H3/t11-/m1/s1. The van der Waals surface area contributed by atoms with E-state index in [9.17, 15) is 4.79 Å². The highest BCUT2D eigenvalue weighted by Crippen LogP contribution is 2.23. The van der Waals surface area contributed by atoms with E-state index in [0.29, 0.717) is 6.54 Å². The Kier molecular flexibility index (Phi) is 3.84. The molecular formula is C13H17BrN2O. The van der Waals surface area contributed by atoms with Crippen LogP contribution in [0, 0.1) is 6.92 Å². The maximum Gasteiger partial charge on any atom is 0.254 e. The third-order valence-electron chi connectivity index (χ3n) is 3.34. The van der Waals surface area contributed by atoms with Crippen LogP contribution in [-0.2, 0) is 0 Å². The maximum absolute atomic E-state index is 12.4. The predicted molar refractivity (Wildman–Crippen MR) is 72.0 cm³/mol. The quantitative estimate of drug-likeness (QED) is 0.910. The van der Waals surface area contributed by atoms with Gasteiger partial charge in [-0.05, 0) is 37.5 Å². The maximum atomic E-state index is 12.4. The Labute approximate surface area is 110 Å². The van der Waals surface area contributed by atoms with Gasteiger partial charge in [0.15, 0.2) is 0 Å². The summed E-state index contributed by atoms with van der Waals surface area (Å²) in [6, 6.07) is 6.02. The predicted octanol–water partition coefficient (Wildman–Crippen LogP) is 2.32. The van der Waals surface area contributed by atoms with Crippen LogP contribution in [0.25, 0.3) is 0 Å². The number of nitrogens with two attached hydrogens (primary N) is 1. The van der Waals surface area contributed by atoms with Gasteiger partial charge in [-0.15, -0.1) is 0 Å². The molecule has 1 fully saturated rings. The van der Waals surface area contributed by atoms with Crippen LogP contribution in [0.5, 0.6) is 0 Å². The van der Waals surface area contributed by atoms with Gasteiger partial charge in [-0.25, -0.2) is 0 Å². The second-order valence-corrected chi connectivity index (χ2v) is 5.41. The lowest BCUT2D eigenvalue weighted by atomic mass is 10.1. The van der Waals surface area contributed by atoms with Crippen LogP contribution in [0.1, 0.15) is 28.8 Å². The Morgan fingerprint density at radius 3 is 3.06 bits per heavy atom. The summed E-state index contributed by atoms with van der Waals surface area (Å²) < 4.78 is 0.940. The van der Waals surface area contributed by atoms with E-state index in [1.807, 2.05) is 30.0 Å². The Hall–Kier alpha value is -0.870. The van der Waals surface area contributed by atoms with Crippen LogP contribution in [0.2, 0.25) is 0 Å². The SMILES string of the molecule is Cc1ccc(Br)cc1C(=O)N1CCC[C@@H]1CN.